The summed E-state index contributed by atoms with van der Waals surface area (Å²) in [6.07, 6.45) is 3.00. The zero-order chi connectivity index (χ0) is 9.68. The van der Waals surface area contributed by atoms with Gasteiger partial charge < -0.3 is 4.74 Å². The zero-order valence-electron chi connectivity index (χ0n) is 8.63. The minimum Gasteiger partial charge on any atom is -0.377 e. The van der Waals surface area contributed by atoms with E-state index < -0.39 is 0 Å². The highest BCUT2D eigenvalue weighted by atomic mass is 79.9. The van der Waals surface area contributed by atoms with Crippen molar-refractivity contribution in [1.29, 1.82) is 0 Å². The second-order valence-electron chi connectivity index (χ2n) is 3.96. The number of hydrogen-bond donors (Lipinski definition) is 0. The van der Waals surface area contributed by atoms with Crippen LogP contribution >= 0.6 is 15.9 Å². The van der Waals surface area contributed by atoms with E-state index in [1.165, 1.54) is 25.9 Å². The third-order valence-corrected chi connectivity index (χ3v) is 3.05. The lowest BCUT2D eigenvalue weighted by Crippen LogP contribution is -2.38. The highest BCUT2D eigenvalue weighted by molar-refractivity contribution is 9.09. The molecule has 78 valence electrons. The molecule has 0 spiro atoms. The SMILES string of the molecule is CC(C)OCCN1CCCC(Br)C1. The van der Waals surface area contributed by atoms with E-state index in [0.717, 1.165) is 13.2 Å². The van der Waals surface area contributed by atoms with Crippen LogP contribution in [0.1, 0.15) is 26.7 Å². The Bertz CT molecular complexity index is 141. The normalized spacial score (nSPS) is 25.4. The summed E-state index contributed by atoms with van der Waals surface area (Å²) in [7, 11) is 0. The lowest BCUT2D eigenvalue weighted by Gasteiger charge is -2.29. The van der Waals surface area contributed by atoms with Gasteiger partial charge in [-0.3, -0.25) is 4.90 Å². The maximum absolute atomic E-state index is 5.52. The standard InChI is InChI=1S/C10H20BrNO/c1-9(2)13-7-6-12-5-3-4-10(11)8-12/h9-10H,3-8H2,1-2H3. The van der Waals surface area contributed by atoms with E-state index >= 15 is 0 Å². The molecule has 0 saturated carbocycles. The van der Waals surface area contributed by atoms with Crippen molar-refractivity contribution in [1.82, 2.24) is 4.90 Å². The van der Waals surface area contributed by atoms with Crippen LogP contribution in [0, 0.1) is 0 Å². The Hall–Kier alpha value is 0.400. The van der Waals surface area contributed by atoms with E-state index in [1.54, 1.807) is 0 Å². The lowest BCUT2D eigenvalue weighted by atomic mass is 10.1. The van der Waals surface area contributed by atoms with Crippen molar-refractivity contribution in [3.05, 3.63) is 0 Å². The summed E-state index contributed by atoms with van der Waals surface area (Å²) in [5.74, 6) is 0. The van der Waals surface area contributed by atoms with Crippen molar-refractivity contribution in [3.63, 3.8) is 0 Å². The number of rotatable bonds is 4. The third-order valence-electron chi connectivity index (χ3n) is 2.31. The molecule has 1 rings (SSSR count). The summed E-state index contributed by atoms with van der Waals surface area (Å²) in [4.78, 5) is 3.17. The fraction of sp³-hybridized carbons (Fsp3) is 1.00. The van der Waals surface area contributed by atoms with Gasteiger partial charge >= 0.3 is 0 Å². The number of piperidine rings is 1. The summed E-state index contributed by atoms with van der Waals surface area (Å²) < 4.78 is 5.52. The van der Waals surface area contributed by atoms with Gasteiger partial charge in [-0.2, -0.15) is 0 Å². The van der Waals surface area contributed by atoms with E-state index in [-0.39, 0.29) is 0 Å². The topological polar surface area (TPSA) is 12.5 Å². The molecule has 0 bridgehead atoms. The molecule has 0 N–H and O–H groups in total. The Kier molecular flexibility index (Phi) is 5.29. The Morgan fingerprint density at radius 1 is 1.54 bits per heavy atom. The molecule has 3 heteroatoms. The second-order valence-corrected chi connectivity index (χ2v) is 5.25. The Morgan fingerprint density at radius 3 is 2.92 bits per heavy atom. The minimum atomic E-state index is 0.365. The summed E-state index contributed by atoms with van der Waals surface area (Å²) in [6, 6.07) is 0. The first kappa shape index (κ1) is 11.5. The fourth-order valence-corrected chi connectivity index (χ4v) is 2.35. The van der Waals surface area contributed by atoms with E-state index in [9.17, 15) is 0 Å². The molecule has 0 aliphatic carbocycles. The van der Waals surface area contributed by atoms with Crippen molar-refractivity contribution < 1.29 is 4.74 Å². The molecular formula is C10H20BrNO. The predicted molar refractivity (Wildman–Crippen MR) is 59.5 cm³/mol. The average molecular weight is 250 g/mol. The largest absolute Gasteiger partial charge is 0.377 e. The Balaban J connectivity index is 2.06. The van der Waals surface area contributed by atoms with Gasteiger partial charge in [0.15, 0.2) is 0 Å². The molecule has 1 atom stereocenters. The zero-order valence-corrected chi connectivity index (χ0v) is 10.2. The van der Waals surface area contributed by atoms with Crippen molar-refractivity contribution in [2.75, 3.05) is 26.2 Å². The van der Waals surface area contributed by atoms with Crippen LogP contribution in [0.5, 0.6) is 0 Å². The quantitative estimate of drug-likeness (QED) is 0.710. The summed E-state index contributed by atoms with van der Waals surface area (Å²) >= 11 is 3.67. The number of halogens is 1. The van der Waals surface area contributed by atoms with Crippen molar-refractivity contribution >= 4 is 15.9 Å². The number of nitrogens with zero attached hydrogens (tertiary/aromatic N) is 1. The molecule has 0 aromatic rings. The molecule has 1 unspecified atom stereocenters. The molecule has 0 aromatic carbocycles. The summed E-state index contributed by atoms with van der Waals surface area (Å²) in [5, 5.41) is 0. The first-order valence-corrected chi connectivity index (χ1v) is 6.08. The van der Waals surface area contributed by atoms with Crippen LogP contribution in [0.4, 0.5) is 0 Å². The Morgan fingerprint density at radius 2 is 2.31 bits per heavy atom. The van der Waals surface area contributed by atoms with Crippen molar-refractivity contribution in [2.45, 2.75) is 37.6 Å². The first-order valence-electron chi connectivity index (χ1n) is 5.16. The van der Waals surface area contributed by atoms with Crippen molar-refractivity contribution in [2.24, 2.45) is 0 Å². The maximum Gasteiger partial charge on any atom is 0.0596 e. The number of likely N-dealkylation sites (tertiary alicyclic amines) is 1. The molecule has 1 fully saturated rings. The van der Waals surface area contributed by atoms with Crippen LogP contribution in [0.25, 0.3) is 0 Å². The molecule has 1 heterocycles. The minimum absolute atomic E-state index is 0.365. The van der Waals surface area contributed by atoms with Gasteiger partial charge in [0, 0.05) is 17.9 Å². The monoisotopic (exact) mass is 249 g/mol. The van der Waals surface area contributed by atoms with Crippen LogP contribution < -0.4 is 0 Å². The smallest absolute Gasteiger partial charge is 0.0596 e. The molecule has 0 amide bonds. The fourth-order valence-electron chi connectivity index (χ4n) is 1.62. The predicted octanol–water partition coefficient (Wildman–Crippen LogP) is 2.27. The molecule has 1 aliphatic heterocycles. The van der Waals surface area contributed by atoms with E-state index in [1.807, 2.05) is 0 Å². The molecule has 1 aliphatic rings. The van der Waals surface area contributed by atoms with Gasteiger partial charge in [-0.1, -0.05) is 15.9 Å². The van der Waals surface area contributed by atoms with E-state index in [2.05, 4.69) is 34.7 Å². The molecule has 13 heavy (non-hydrogen) atoms. The van der Waals surface area contributed by atoms with Gasteiger partial charge in [-0.05, 0) is 33.2 Å². The number of alkyl halides is 1. The van der Waals surface area contributed by atoms with Crippen LogP contribution in [-0.4, -0.2) is 42.1 Å². The number of hydrogen-bond acceptors (Lipinski definition) is 2. The molecule has 1 saturated heterocycles. The van der Waals surface area contributed by atoms with E-state index in [0.29, 0.717) is 10.9 Å². The van der Waals surface area contributed by atoms with Gasteiger partial charge in [0.1, 0.15) is 0 Å². The van der Waals surface area contributed by atoms with Gasteiger partial charge in [-0.25, -0.2) is 0 Å². The molecule has 0 aromatic heterocycles. The summed E-state index contributed by atoms with van der Waals surface area (Å²) in [6.45, 7) is 8.55. The van der Waals surface area contributed by atoms with Crippen LogP contribution in [0.2, 0.25) is 0 Å². The first-order chi connectivity index (χ1) is 6.18. The highest BCUT2D eigenvalue weighted by Crippen LogP contribution is 2.16. The molecule has 0 radical (unpaired) electrons. The van der Waals surface area contributed by atoms with Gasteiger partial charge in [0.05, 0.1) is 12.7 Å². The van der Waals surface area contributed by atoms with Crippen molar-refractivity contribution in [3.8, 4) is 0 Å². The van der Waals surface area contributed by atoms with Gasteiger partial charge in [0.2, 0.25) is 0 Å². The molecular weight excluding hydrogens is 230 g/mol. The average Bonchev–Trinajstić information content (AvgIpc) is 2.03. The number of ether oxygens (including phenoxy) is 1. The highest BCUT2D eigenvalue weighted by Gasteiger charge is 2.16. The van der Waals surface area contributed by atoms with E-state index in [4.69, 9.17) is 4.74 Å². The van der Waals surface area contributed by atoms with Gasteiger partial charge in [-0.15, -0.1) is 0 Å². The Labute approximate surface area is 89.8 Å². The van der Waals surface area contributed by atoms with Gasteiger partial charge in [0.25, 0.3) is 0 Å². The molecule has 2 nitrogen and oxygen atoms in total. The van der Waals surface area contributed by atoms with Crippen LogP contribution in [0.15, 0.2) is 0 Å². The van der Waals surface area contributed by atoms with Crippen LogP contribution in [0.3, 0.4) is 0 Å². The third kappa shape index (κ3) is 4.99. The van der Waals surface area contributed by atoms with Crippen LogP contribution in [-0.2, 0) is 4.74 Å². The lowest BCUT2D eigenvalue weighted by molar-refractivity contribution is 0.0558. The summed E-state index contributed by atoms with van der Waals surface area (Å²) in [5.41, 5.74) is 0. The maximum atomic E-state index is 5.52. The second kappa shape index (κ2) is 5.99.